The van der Waals surface area contributed by atoms with Gasteiger partial charge in [0.25, 0.3) is 0 Å². The number of hydrogen-bond donors (Lipinski definition) is 2. The fourth-order valence-corrected chi connectivity index (χ4v) is 5.16. The van der Waals surface area contributed by atoms with Crippen LogP contribution in [0.15, 0.2) is 34.1 Å². The molecule has 0 spiro atoms. The third-order valence-corrected chi connectivity index (χ3v) is 6.68. The van der Waals surface area contributed by atoms with Crippen molar-refractivity contribution in [3.05, 3.63) is 24.3 Å². The normalized spacial score (nSPS) is 22.4. The Hall–Kier alpha value is -1.00. The van der Waals surface area contributed by atoms with Gasteiger partial charge in [0.1, 0.15) is 0 Å². The first-order valence-electron chi connectivity index (χ1n) is 7.04. The number of piperidine rings is 1. The van der Waals surface area contributed by atoms with Gasteiger partial charge in [0, 0.05) is 18.6 Å². The lowest BCUT2D eigenvalue weighted by atomic mass is 10.00. The van der Waals surface area contributed by atoms with Gasteiger partial charge in [0.05, 0.1) is 9.79 Å². The Kier molecular flexibility index (Phi) is 4.93. The molecule has 4 N–H and O–H groups in total. The van der Waals surface area contributed by atoms with E-state index in [-0.39, 0.29) is 21.9 Å². The highest BCUT2D eigenvalue weighted by Gasteiger charge is 2.35. The number of sulfonamides is 2. The van der Waals surface area contributed by atoms with Gasteiger partial charge >= 0.3 is 0 Å². The fraction of sp³-hybridized carbons (Fsp3) is 0.538. The van der Waals surface area contributed by atoms with Crippen molar-refractivity contribution in [2.45, 2.75) is 48.1 Å². The van der Waals surface area contributed by atoms with Gasteiger partial charge in [-0.05, 0) is 38.0 Å². The van der Waals surface area contributed by atoms with E-state index in [1.54, 1.807) is 6.92 Å². The molecule has 2 atom stereocenters. The maximum Gasteiger partial charge on any atom is 0.243 e. The summed E-state index contributed by atoms with van der Waals surface area (Å²) in [6.45, 7) is 2.16. The molecule has 1 aromatic rings. The summed E-state index contributed by atoms with van der Waals surface area (Å²) in [5, 5.41) is 5.07. The fourth-order valence-electron chi connectivity index (χ4n) is 2.70. The molecule has 0 unspecified atom stereocenters. The number of rotatable bonds is 4. The second-order valence-corrected chi connectivity index (χ2v) is 9.01. The van der Waals surface area contributed by atoms with Crippen LogP contribution in [0.4, 0.5) is 0 Å². The van der Waals surface area contributed by atoms with Crippen LogP contribution in [0.25, 0.3) is 0 Å². The van der Waals surface area contributed by atoms with Crippen molar-refractivity contribution in [2.75, 3.05) is 6.54 Å². The zero-order valence-corrected chi connectivity index (χ0v) is 14.0. The van der Waals surface area contributed by atoms with E-state index < -0.39 is 20.0 Å². The largest absolute Gasteiger partial charge is 0.326 e. The van der Waals surface area contributed by atoms with Gasteiger partial charge in [0.2, 0.25) is 20.0 Å². The van der Waals surface area contributed by atoms with Crippen LogP contribution in [0.5, 0.6) is 0 Å². The molecule has 0 amide bonds. The van der Waals surface area contributed by atoms with Gasteiger partial charge in [-0.3, -0.25) is 0 Å². The van der Waals surface area contributed by atoms with E-state index in [0.717, 1.165) is 18.9 Å². The number of nitrogens with zero attached hydrogens (tertiary/aromatic N) is 1. The van der Waals surface area contributed by atoms with Crippen LogP contribution in [0, 0.1) is 0 Å². The van der Waals surface area contributed by atoms with Crippen LogP contribution >= 0.6 is 0 Å². The molecule has 9 heteroatoms. The van der Waals surface area contributed by atoms with Crippen molar-refractivity contribution in [1.29, 1.82) is 0 Å². The van der Waals surface area contributed by atoms with E-state index in [9.17, 15) is 16.8 Å². The van der Waals surface area contributed by atoms with Gasteiger partial charge < -0.3 is 5.73 Å². The van der Waals surface area contributed by atoms with Crippen molar-refractivity contribution in [1.82, 2.24) is 4.31 Å². The Morgan fingerprint density at radius 2 is 1.82 bits per heavy atom. The summed E-state index contributed by atoms with van der Waals surface area (Å²) in [5.74, 6) is 0. The number of hydrogen-bond acceptors (Lipinski definition) is 5. The van der Waals surface area contributed by atoms with E-state index in [2.05, 4.69) is 0 Å². The van der Waals surface area contributed by atoms with E-state index in [4.69, 9.17) is 10.9 Å². The molecule has 22 heavy (non-hydrogen) atoms. The Labute approximate surface area is 131 Å². The molecular weight excluding hydrogens is 326 g/mol. The minimum absolute atomic E-state index is 0.0772. The number of nitrogens with two attached hydrogens (primary N) is 2. The maximum atomic E-state index is 12.8. The summed E-state index contributed by atoms with van der Waals surface area (Å²) in [7, 11) is -7.76. The number of primary sulfonamides is 1. The Morgan fingerprint density at radius 1 is 1.18 bits per heavy atom. The molecule has 1 aliphatic rings. The lowest BCUT2D eigenvalue weighted by Gasteiger charge is -2.36. The Bertz CT molecular complexity index is 744. The van der Waals surface area contributed by atoms with Crippen LogP contribution in [-0.2, 0) is 20.0 Å². The number of benzene rings is 1. The second kappa shape index (κ2) is 6.25. The molecule has 1 heterocycles. The molecule has 0 aromatic heterocycles. The van der Waals surface area contributed by atoms with Gasteiger partial charge in [-0.25, -0.2) is 22.0 Å². The average Bonchev–Trinajstić information content (AvgIpc) is 2.46. The van der Waals surface area contributed by atoms with Gasteiger partial charge in [-0.15, -0.1) is 0 Å². The molecule has 1 fully saturated rings. The predicted octanol–water partition coefficient (Wildman–Crippen LogP) is 0.224. The topological polar surface area (TPSA) is 124 Å². The van der Waals surface area contributed by atoms with Crippen LogP contribution in [0.2, 0.25) is 0 Å². The molecule has 0 radical (unpaired) electrons. The quantitative estimate of drug-likeness (QED) is 0.806. The highest BCUT2D eigenvalue weighted by molar-refractivity contribution is 7.90. The van der Waals surface area contributed by atoms with Crippen molar-refractivity contribution in [3.63, 3.8) is 0 Å². The summed E-state index contributed by atoms with van der Waals surface area (Å²) in [4.78, 5) is -0.297. The predicted molar refractivity (Wildman–Crippen MR) is 83.0 cm³/mol. The molecule has 0 saturated carbocycles. The molecule has 0 bridgehead atoms. The van der Waals surface area contributed by atoms with Gasteiger partial charge in [-0.2, -0.15) is 4.31 Å². The van der Waals surface area contributed by atoms with Gasteiger partial charge in [0.15, 0.2) is 0 Å². The van der Waals surface area contributed by atoms with Gasteiger partial charge in [-0.1, -0.05) is 12.5 Å². The van der Waals surface area contributed by atoms with Crippen molar-refractivity contribution < 1.29 is 16.8 Å². The molecule has 1 saturated heterocycles. The minimum atomic E-state index is -3.95. The standard InChI is InChI=1S/C13H21N3O4S2/c1-10(14)13-7-2-3-8-16(13)22(19,20)12-6-4-5-11(9-12)21(15,17)18/h4-6,9-10,13H,2-3,7-8,14H2,1H3,(H2,15,17,18)/t10-,13+/m1/s1. The average molecular weight is 347 g/mol. The second-order valence-electron chi connectivity index (χ2n) is 5.56. The molecule has 1 aliphatic heterocycles. The van der Waals surface area contributed by atoms with Crippen LogP contribution < -0.4 is 10.9 Å². The third kappa shape index (κ3) is 3.49. The minimum Gasteiger partial charge on any atom is -0.326 e. The van der Waals surface area contributed by atoms with Crippen molar-refractivity contribution in [3.8, 4) is 0 Å². The molecule has 0 aliphatic carbocycles. The monoisotopic (exact) mass is 347 g/mol. The molecule has 2 rings (SSSR count). The lowest BCUT2D eigenvalue weighted by Crippen LogP contribution is -2.51. The highest BCUT2D eigenvalue weighted by atomic mass is 32.2. The first kappa shape index (κ1) is 17.4. The molecule has 7 nitrogen and oxygen atoms in total. The van der Waals surface area contributed by atoms with Crippen LogP contribution in [0.3, 0.4) is 0 Å². The third-order valence-electron chi connectivity index (χ3n) is 3.85. The molecule has 1 aromatic carbocycles. The smallest absolute Gasteiger partial charge is 0.243 e. The summed E-state index contributed by atoms with van der Waals surface area (Å²) in [5.41, 5.74) is 5.91. The summed E-state index contributed by atoms with van der Waals surface area (Å²) in [6.07, 6.45) is 2.39. The first-order chi connectivity index (χ1) is 10.1. The highest BCUT2D eigenvalue weighted by Crippen LogP contribution is 2.27. The molecule has 124 valence electrons. The molecular formula is C13H21N3O4S2. The summed E-state index contributed by atoms with van der Waals surface area (Å²) in [6, 6.07) is 4.53. The maximum absolute atomic E-state index is 12.8. The first-order valence-corrected chi connectivity index (χ1v) is 10.0. The van der Waals surface area contributed by atoms with Crippen molar-refractivity contribution in [2.24, 2.45) is 10.9 Å². The summed E-state index contributed by atoms with van der Waals surface area (Å²) < 4.78 is 49.8. The zero-order valence-electron chi connectivity index (χ0n) is 12.3. The van der Waals surface area contributed by atoms with Crippen LogP contribution in [0.1, 0.15) is 26.2 Å². The van der Waals surface area contributed by atoms with Crippen molar-refractivity contribution >= 4 is 20.0 Å². The Morgan fingerprint density at radius 3 is 2.41 bits per heavy atom. The van der Waals surface area contributed by atoms with E-state index in [0.29, 0.717) is 13.0 Å². The lowest BCUT2D eigenvalue weighted by molar-refractivity contribution is 0.227. The van der Waals surface area contributed by atoms with E-state index in [1.807, 2.05) is 0 Å². The summed E-state index contributed by atoms with van der Waals surface area (Å²) >= 11 is 0. The Balaban J connectivity index is 2.46. The SMILES string of the molecule is C[C@@H](N)[C@@H]1CCCCN1S(=O)(=O)c1cccc(S(N)(=O)=O)c1. The van der Waals surface area contributed by atoms with Crippen LogP contribution in [-0.4, -0.2) is 39.8 Å². The zero-order chi connectivity index (χ0) is 16.5. The van der Waals surface area contributed by atoms with E-state index in [1.165, 1.54) is 22.5 Å². The van der Waals surface area contributed by atoms with E-state index >= 15 is 0 Å².